The number of rotatable bonds is 8. The van der Waals surface area contributed by atoms with Crippen LogP contribution in [0.5, 0.6) is 5.75 Å². The maximum atomic E-state index is 9.72. The number of ether oxygens (including phenoxy) is 1. The lowest BCUT2D eigenvalue weighted by Gasteiger charge is -2.13. The highest BCUT2D eigenvalue weighted by Gasteiger charge is 2.05. The van der Waals surface area contributed by atoms with Gasteiger partial charge in [-0.15, -0.1) is 0 Å². The van der Waals surface area contributed by atoms with E-state index in [4.69, 9.17) is 4.74 Å². The molecule has 96 valence electrons. The topological polar surface area (TPSA) is 61.7 Å². The Bertz CT molecular complexity index is 317. The molecule has 0 aromatic heterocycles. The maximum absolute atomic E-state index is 9.72. The molecule has 0 spiro atoms. The Kier molecular flexibility index (Phi) is 6.43. The van der Waals surface area contributed by atoms with Crippen LogP contribution < -0.4 is 5.32 Å². The van der Waals surface area contributed by atoms with Crippen molar-refractivity contribution in [1.82, 2.24) is 0 Å². The summed E-state index contributed by atoms with van der Waals surface area (Å²) in [6.07, 6.45) is 2.25. The number of hydrogen-bond donors (Lipinski definition) is 3. The molecule has 0 bridgehead atoms. The number of phenolic OH excluding ortho intramolecular Hbond substituents is 1. The molecule has 0 aliphatic heterocycles. The molecule has 0 saturated carbocycles. The van der Waals surface area contributed by atoms with Crippen LogP contribution >= 0.6 is 0 Å². The van der Waals surface area contributed by atoms with Crippen molar-refractivity contribution in [3.8, 4) is 5.75 Å². The molecule has 4 heteroatoms. The normalized spacial score (nSPS) is 12.4. The summed E-state index contributed by atoms with van der Waals surface area (Å²) in [4.78, 5) is 0. The van der Waals surface area contributed by atoms with Crippen molar-refractivity contribution in [3.63, 3.8) is 0 Å². The van der Waals surface area contributed by atoms with Crippen LogP contribution in [0.3, 0.4) is 0 Å². The Labute approximate surface area is 102 Å². The first kappa shape index (κ1) is 13.8. The van der Waals surface area contributed by atoms with Crippen molar-refractivity contribution < 1.29 is 14.9 Å². The Balaban J connectivity index is 2.19. The molecule has 1 rings (SSSR count). The highest BCUT2D eigenvalue weighted by atomic mass is 16.5. The van der Waals surface area contributed by atoms with Gasteiger partial charge in [0.1, 0.15) is 5.75 Å². The van der Waals surface area contributed by atoms with Crippen molar-refractivity contribution in [2.24, 2.45) is 0 Å². The Hall–Kier alpha value is -1.26. The summed E-state index contributed by atoms with van der Waals surface area (Å²) in [6, 6.07) is 7.01. The number of hydrogen-bond acceptors (Lipinski definition) is 4. The number of aliphatic hydroxyl groups excluding tert-OH is 1. The predicted molar refractivity (Wildman–Crippen MR) is 68.3 cm³/mol. The predicted octanol–water partition coefficient (Wildman–Crippen LogP) is 1.98. The monoisotopic (exact) mass is 239 g/mol. The van der Waals surface area contributed by atoms with Gasteiger partial charge < -0.3 is 20.3 Å². The molecular weight excluding hydrogens is 218 g/mol. The minimum atomic E-state index is -0.397. The van der Waals surface area contributed by atoms with Crippen LogP contribution in [-0.2, 0) is 4.74 Å². The highest BCUT2D eigenvalue weighted by Crippen LogP contribution is 2.21. The lowest BCUT2D eigenvalue weighted by atomic mass is 10.1. The largest absolute Gasteiger partial charge is 0.506 e. The van der Waals surface area contributed by atoms with Crippen LogP contribution in [0.15, 0.2) is 24.3 Å². The first-order chi connectivity index (χ1) is 8.24. The van der Waals surface area contributed by atoms with Crippen molar-refractivity contribution in [2.45, 2.75) is 25.4 Å². The van der Waals surface area contributed by atoms with Crippen LogP contribution in [0.1, 0.15) is 19.3 Å². The third-order valence-electron chi connectivity index (χ3n) is 2.57. The van der Waals surface area contributed by atoms with Gasteiger partial charge in [0.15, 0.2) is 0 Å². The molecule has 1 aromatic carbocycles. The number of methoxy groups -OCH3 is 1. The summed E-state index contributed by atoms with van der Waals surface area (Å²) in [5.41, 5.74) is 0.656. The van der Waals surface area contributed by atoms with Crippen LogP contribution in [-0.4, -0.2) is 36.6 Å². The number of para-hydroxylation sites is 2. The Morgan fingerprint density at radius 2 is 2.06 bits per heavy atom. The second kappa shape index (κ2) is 7.92. The zero-order valence-electron chi connectivity index (χ0n) is 10.2. The molecule has 1 unspecified atom stereocenters. The number of phenols is 1. The molecule has 0 amide bonds. The molecule has 1 atom stereocenters. The van der Waals surface area contributed by atoms with E-state index in [0.29, 0.717) is 12.2 Å². The smallest absolute Gasteiger partial charge is 0.138 e. The fraction of sp³-hybridized carbons (Fsp3) is 0.538. The van der Waals surface area contributed by atoms with E-state index < -0.39 is 6.10 Å². The second-order valence-corrected chi connectivity index (χ2v) is 4.04. The van der Waals surface area contributed by atoms with Crippen molar-refractivity contribution in [1.29, 1.82) is 0 Å². The third-order valence-corrected chi connectivity index (χ3v) is 2.57. The molecule has 0 radical (unpaired) electrons. The zero-order valence-corrected chi connectivity index (χ0v) is 10.2. The molecule has 17 heavy (non-hydrogen) atoms. The van der Waals surface area contributed by atoms with E-state index >= 15 is 0 Å². The van der Waals surface area contributed by atoms with Gasteiger partial charge >= 0.3 is 0 Å². The number of anilines is 1. The van der Waals surface area contributed by atoms with Crippen LogP contribution in [0, 0.1) is 0 Å². The van der Waals surface area contributed by atoms with Crippen molar-refractivity contribution in [2.75, 3.05) is 25.6 Å². The number of aliphatic hydroxyl groups is 1. The van der Waals surface area contributed by atoms with E-state index in [9.17, 15) is 10.2 Å². The molecule has 4 nitrogen and oxygen atoms in total. The highest BCUT2D eigenvalue weighted by molar-refractivity contribution is 5.55. The van der Waals surface area contributed by atoms with Gasteiger partial charge in [0, 0.05) is 20.3 Å². The standard InChI is InChI=1S/C13H21NO3/c1-17-9-5-4-6-11(15)10-14-12-7-2-3-8-13(12)16/h2-3,7-8,11,14-16H,4-6,9-10H2,1H3. The van der Waals surface area contributed by atoms with Gasteiger partial charge in [-0.1, -0.05) is 12.1 Å². The molecule has 0 aliphatic rings. The van der Waals surface area contributed by atoms with Gasteiger partial charge in [-0.25, -0.2) is 0 Å². The Morgan fingerprint density at radius 1 is 1.29 bits per heavy atom. The van der Waals surface area contributed by atoms with E-state index in [2.05, 4.69) is 5.32 Å². The van der Waals surface area contributed by atoms with Crippen LogP contribution in [0.25, 0.3) is 0 Å². The van der Waals surface area contributed by atoms with Crippen molar-refractivity contribution in [3.05, 3.63) is 24.3 Å². The van der Waals surface area contributed by atoms with Gasteiger partial charge in [0.25, 0.3) is 0 Å². The van der Waals surface area contributed by atoms with Crippen LogP contribution in [0.2, 0.25) is 0 Å². The van der Waals surface area contributed by atoms with E-state index in [1.165, 1.54) is 0 Å². The Morgan fingerprint density at radius 3 is 2.76 bits per heavy atom. The first-order valence-electron chi connectivity index (χ1n) is 5.93. The fourth-order valence-corrected chi connectivity index (χ4v) is 1.58. The summed E-state index contributed by atoms with van der Waals surface area (Å²) >= 11 is 0. The van der Waals surface area contributed by atoms with Gasteiger partial charge in [-0.2, -0.15) is 0 Å². The number of aromatic hydroxyl groups is 1. The third kappa shape index (κ3) is 5.56. The first-order valence-corrected chi connectivity index (χ1v) is 5.93. The summed E-state index contributed by atoms with van der Waals surface area (Å²) in [7, 11) is 1.68. The summed E-state index contributed by atoms with van der Waals surface area (Å²) < 4.78 is 4.94. The second-order valence-electron chi connectivity index (χ2n) is 4.04. The van der Waals surface area contributed by atoms with Gasteiger partial charge in [-0.3, -0.25) is 0 Å². The number of nitrogens with one attached hydrogen (secondary N) is 1. The molecule has 3 N–H and O–H groups in total. The quantitative estimate of drug-likeness (QED) is 0.479. The number of unbranched alkanes of at least 4 members (excludes halogenated alkanes) is 1. The minimum absolute atomic E-state index is 0.207. The molecular formula is C13H21NO3. The van der Waals surface area contributed by atoms with Gasteiger partial charge in [0.2, 0.25) is 0 Å². The van der Waals surface area contributed by atoms with Gasteiger partial charge in [0.05, 0.1) is 11.8 Å². The number of benzene rings is 1. The average Bonchev–Trinajstić information content (AvgIpc) is 2.34. The average molecular weight is 239 g/mol. The van der Waals surface area contributed by atoms with E-state index in [0.717, 1.165) is 25.9 Å². The fourth-order valence-electron chi connectivity index (χ4n) is 1.58. The minimum Gasteiger partial charge on any atom is -0.506 e. The van der Waals surface area contributed by atoms with Gasteiger partial charge in [-0.05, 0) is 31.4 Å². The summed E-state index contributed by atoms with van der Waals surface area (Å²) in [5.74, 6) is 0.207. The zero-order chi connectivity index (χ0) is 12.5. The summed E-state index contributed by atoms with van der Waals surface area (Å²) in [5, 5.41) is 22.2. The lowest BCUT2D eigenvalue weighted by molar-refractivity contribution is 0.158. The maximum Gasteiger partial charge on any atom is 0.138 e. The van der Waals surface area contributed by atoms with E-state index in [-0.39, 0.29) is 5.75 Å². The van der Waals surface area contributed by atoms with E-state index in [1.807, 2.05) is 6.07 Å². The lowest BCUT2D eigenvalue weighted by Crippen LogP contribution is -2.19. The SMILES string of the molecule is COCCCCC(O)CNc1ccccc1O. The molecule has 0 aliphatic carbocycles. The molecule has 0 saturated heterocycles. The van der Waals surface area contributed by atoms with E-state index in [1.54, 1.807) is 25.3 Å². The molecule has 1 aromatic rings. The van der Waals surface area contributed by atoms with Crippen LogP contribution in [0.4, 0.5) is 5.69 Å². The van der Waals surface area contributed by atoms with Crippen molar-refractivity contribution >= 4 is 5.69 Å². The summed E-state index contributed by atoms with van der Waals surface area (Å²) in [6.45, 7) is 1.18. The molecule has 0 heterocycles. The molecule has 0 fully saturated rings.